The Bertz CT molecular complexity index is 581. The van der Waals surface area contributed by atoms with Crippen molar-refractivity contribution in [3.63, 3.8) is 0 Å². The molecule has 0 spiro atoms. The van der Waals surface area contributed by atoms with Gasteiger partial charge in [0.1, 0.15) is 0 Å². The molecule has 2 aromatic heterocycles. The molecule has 2 aromatic rings. The normalized spacial score (nSPS) is 10.9. The number of thiazole rings is 1. The van der Waals surface area contributed by atoms with Gasteiger partial charge in [0, 0.05) is 30.7 Å². The lowest BCUT2D eigenvalue weighted by Gasteiger charge is -2.15. The Hall–Kier alpha value is -1.79. The number of aromatic nitrogens is 2. The molecule has 0 saturated heterocycles. The molecule has 0 aliphatic heterocycles. The van der Waals surface area contributed by atoms with Crippen LogP contribution in [0.3, 0.4) is 0 Å². The molecule has 0 radical (unpaired) electrons. The highest BCUT2D eigenvalue weighted by Crippen LogP contribution is 2.17. The number of pyridine rings is 1. The Kier molecular flexibility index (Phi) is 6.48. The predicted octanol–water partition coefficient (Wildman–Crippen LogP) is 2.95. The van der Waals surface area contributed by atoms with Gasteiger partial charge in [0.2, 0.25) is 5.91 Å². The van der Waals surface area contributed by atoms with Crippen LogP contribution in [0.2, 0.25) is 0 Å². The Balaban J connectivity index is 1.80. The van der Waals surface area contributed by atoms with Gasteiger partial charge >= 0.3 is 0 Å². The molecule has 0 atom stereocenters. The SMILES string of the molecule is CCN(CC)Cc1csc(NC(=O)CCc2ccncc2)n1. The summed E-state index contributed by atoms with van der Waals surface area (Å²) in [6.07, 6.45) is 4.65. The number of amides is 1. The molecule has 22 heavy (non-hydrogen) atoms. The molecule has 118 valence electrons. The number of carbonyl (C=O) groups excluding carboxylic acids is 1. The van der Waals surface area contributed by atoms with Crippen molar-refractivity contribution in [3.05, 3.63) is 41.2 Å². The van der Waals surface area contributed by atoms with E-state index < -0.39 is 0 Å². The summed E-state index contributed by atoms with van der Waals surface area (Å²) in [4.78, 5) is 22.7. The molecular formula is C16H22N4OS. The van der Waals surface area contributed by atoms with Gasteiger partial charge in [-0.2, -0.15) is 0 Å². The summed E-state index contributed by atoms with van der Waals surface area (Å²) in [6, 6.07) is 3.86. The van der Waals surface area contributed by atoms with Crippen molar-refractivity contribution in [3.8, 4) is 0 Å². The van der Waals surface area contributed by atoms with Crippen LogP contribution in [0.25, 0.3) is 0 Å². The molecule has 0 bridgehead atoms. The quantitative estimate of drug-likeness (QED) is 0.813. The first-order valence-corrected chi connectivity index (χ1v) is 8.44. The first kappa shape index (κ1) is 16.6. The smallest absolute Gasteiger partial charge is 0.226 e. The first-order chi connectivity index (χ1) is 10.7. The van der Waals surface area contributed by atoms with Gasteiger partial charge in [0.25, 0.3) is 0 Å². The van der Waals surface area contributed by atoms with Gasteiger partial charge in [-0.05, 0) is 37.2 Å². The Labute approximate surface area is 135 Å². The first-order valence-electron chi connectivity index (χ1n) is 7.56. The fourth-order valence-electron chi connectivity index (χ4n) is 2.10. The molecule has 6 heteroatoms. The summed E-state index contributed by atoms with van der Waals surface area (Å²) in [5.41, 5.74) is 2.13. The van der Waals surface area contributed by atoms with Crippen LogP contribution in [0, 0.1) is 0 Å². The van der Waals surface area contributed by atoms with E-state index in [1.54, 1.807) is 12.4 Å². The Morgan fingerprint density at radius 1 is 1.27 bits per heavy atom. The number of carbonyl (C=O) groups is 1. The average molecular weight is 318 g/mol. The molecule has 2 rings (SSSR count). The molecule has 2 heterocycles. The maximum atomic E-state index is 12.0. The van der Waals surface area contributed by atoms with E-state index in [-0.39, 0.29) is 5.91 Å². The summed E-state index contributed by atoms with van der Waals surface area (Å²) < 4.78 is 0. The van der Waals surface area contributed by atoms with Crippen molar-refractivity contribution < 1.29 is 4.79 Å². The summed E-state index contributed by atoms with van der Waals surface area (Å²) in [6.45, 7) is 7.11. The van der Waals surface area contributed by atoms with Gasteiger partial charge in [-0.1, -0.05) is 13.8 Å². The highest BCUT2D eigenvalue weighted by molar-refractivity contribution is 7.13. The van der Waals surface area contributed by atoms with E-state index in [2.05, 4.69) is 34.0 Å². The van der Waals surface area contributed by atoms with Crippen LogP contribution in [0.1, 0.15) is 31.5 Å². The minimum Gasteiger partial charge on any atom is -0.302 e. The number of rotatable bonds is 8. The van der Waals surface area contributed by atoms with Crippen LogP contribution in [0.15, 0.2) is 29.9 Å². The fourth-order valence-corrected chi connectivity index (χ4v) is 2.82. The third-order valence-corrected chi connectivity index (χ3v) is 4.27. The van der Waals surface area contributed by atoms with E-state index in [1.807, 2.05) is 17.5 Å². The van der Waals surface area contributed by atoms with Crippen molar-refractivity contribution in [2.45, 2.75) is 33.2 Å². The zero-order chi connectivity index (χ0) is 15.8. The van der Waals surface area contributed by atoms with Crippen LogP contribution in [-0.4, -0.2) is 33.9 Å². The number of aryl methyl sites for hydroxylation is 1. The molecule has 1 amide bonds. The van der Waals surface area contributed by atoms with Crippen LogP contribution in [-0.2, 0) is 17.8 Å². The van der Waals surface area contributed by atoms with E-state index in [9.17, 15) is 4.79 Å². The second kappa shape index (κ2) is 8.60. The molecule has 0 unspecified atom stereocenters. The summed E-state index contributed by atoms with van der Waals surface area (Å²) >= 11 is 1.48. The zero-order valence-electron chi connectivity index (χ0n) is 13.1. The molecule has 0 aromatic carbocycles. The van der Waals surface area contributed by atoms with Gasteiger partial charge in [-0.25, -0.2) is 4.98 Å². The monoisotopic (exact) mass is 318 g/mol. The second-order valence-corrected chi connectivity index (χ2v) is 5.87. The zero-order valence-corrected chi connectivity index (χ0v) is 13.9. The van der Waals surface area contributed by atoms with Gasteiger partial charge in [-0.3, -0.25) is 14.7 Å². The molecule has 0 fully saturated rings. The molecule has 5 nitrogen and oxygen atoms in total. The lowest BCUT2D eigenvalue weighted by atomic mass is 10.1. The lowest BCUT2D eigenvalue weighted by Crippen LogP contribution is -2.22. The number of anilines is 1. The van der Waals surface area contributed by atoms with Gasteiger partial charge in [0.15, 0.2) is 5.13 Å². The van der Waals surface area contributed by atoms with Crippen molar-refractivity contribution >= 4 is 22.4 Å². The summed E-state index contributed by atoms with van der Waals surface area (Å²) in [5, 5.41) is 5.57. The molecule has 0 aliphatic carbocycles. The standard InChI is InChI=1S/C16H22N4OS/c1-3-20(4-2)11-14-12-22-16(18-14)19-15(21)6-5-13-7-9-17-10-8-13/h7-10,12H,3-6,11H2,1-2H3,(H,18,19,21). The third kappa shape index (κ3) is 5.20. The van der Waals surface area contributed by atoms with Crippen molar-refractivity contribution in [1.82, 2.24) is 14.9 Å². The van der Waals surface area contributed by atoms with E-state index in [0.29, 0.717) is 18.0 Å². The highest BCUT2D eigenvalue weighted by atomic mass is 32.1. The van der Waals surface area contributed by atoms with Gasteiger partial charge < -0.3 is 5.32 Å². The molecular weight excluding hydrogens is 296 g/mol. The highest BCUT2D eigenvalue weighted by Gasteiger charge is 2.09. The van der Waals surface area contributed by atoms with Crippen molar-refractivity contribution in [2.24, 2.45) is 0 Å². The average Bonchev–Trinajstić information content (AvgIpc) is 2.98. The predicted molar refractivity (Wildman–Crippen MR) is 89.9 cm³/mol. The molecule has 0 aliphatic rings. The maximum absolute atomic E-state index is 12.0. The van der Waals surface area contributed by atoms with E-state index in [0.717, 1.165) is 30.9 Å². The van der Waals surface area contributed by atoms with E-state index in [4.69, 9.17) is 0 Å². The summed E-state index contributed by atoms with van der Waals surface area (Å²) in [5.74, 6) is 0.000511. The van der Waals surface area contributed by atoms with Gasteiger partial charge in [-0.15, -0.1) is 11.3 Å². The fraction of sp³-hybridized carbons (Fsp3) is 0.438. The van der Waals surface area contributed by atoms with Gasteiger partial charge in [0.05, 0.1) is 5.69 Å². The summed E-state index contributed by atoms with van der Waals surface area (Å²) in [7, 11) is 0. The third-order valence-electron chi connectivity index (χ3n) is 3.47. The van der Waals surface area contributed by atoms with Crippen LogP contribution in [0.4, 0.5) is 5.13 Å². The Morgan fingerprint density at radius 3 is 2.68 bits per heavy atom. The molecule has 1 N–H and O–H groups in total. The number of nitrogens with one attached hydrogen (secondary N) is 1. The topological polar surface area (TPSA) is 58.1 Å². The minimum absolute atomic E-state index is 0.000511. The van der Waals surface area contributed by atoms with Crippen molar-refractivity contribution in [2.75, 3.05) is 18.4 Å². The van der Waals surface area contributed by atoms with Crippen LogP contribution in [0.5, 0.6) is 0 Å². The number of hydrogen-bond acceptors (Lipinski definition) is 5. The maximum Gasteiger partial charge on any atom is 0.226 e. The van der Waals surface area contributed by atoms with Crippen molar-refractivity contribution in [1.29, 1.82) is 0 Å². The number of nitrogens with zero attached hydrogens (tertiary/aromatic N) is 3. The van der Waals surface area contributed by atoms with E-state index in [1.165, 1.54) is 11.3 Å². The minimum atomic E-state index is 0.000511. The Morgan fingerprint density at radius 2 is 2.00 bits per heavy atom. The van der Waals surface area contributed by atoms with E-state index >= 15 is 0 Å². The number of hydrogen-bond donors (Lipinski definition) is 1. The second-order valence-electron chi connectivity index (χ2n) is 5.01. The van der Waals surface area contributed by atoms with Crippen LogP contribution >= 0.6 is 11.3 Å². The largest absolute Gasteiger partial charge is 0.302 e. The lowest BCUT2D eigenvalue weighted by molar-refractivity contribution is -0.116. The molecule has 0 saturated carbocycles. The van der Waals surface area contributed by atoms with Crippen LogP contribution < -0.4 is 5.32 Å².